The number of carbonyl (C=O) groups excluding carboxylic acids is 2. The van der Waals surface area contributed by atoms with Gasteiger partial charge in [0.25, 0.3) is 11.5 Å². The van der Waals surface area contributed by atoms with Crippen LogP contribution in [0.3, 0.4) is 0 Å². The van der Waals surface area contributed by atoms with Gasteiger partial charge in [0.2, 0.25) is 5.91 Å². The third-order valence-electron chi connectivity index (χ3n) is 8.56. The molecule has 2 aromatic heterocycles. The van der Waals surface area contributed by atoms with Gasteiger partial charge in [0.1, 0.15) is 5.69 Å². The van der Waals surface area contributed by atoms with Crippen LogP contribution in [0, 0.1) is 6.92 Å². The van der Waals surface area contributed by atoms with Gasteiger partial charge in [-0.1, -0.05) is 36.9 Å². The summed E-state index contributed by atoms with van der Waals surface area (Å²) in [6, 6.07) is 23.1. The Labute approximate surface area is 277 Å². The van der Waals surface area contributed by atoms with Gasteiger partial charge in [-0.3, -0.25) is 14.4 Å². The Kier molecular flexibility index (Phi) is 9.24. The number of aryl methyl sites for hydroxylation is 1. The maximum atomic E-state index is 13.3. The molecule has 10 heteroatoms. The minimum Gasteiger partial charge on any atom is -0.381 e. The van der Waals surface area contributed by atoms with Crippen molar-refractivity contribution in [3.05, 3.63) is 112 Å². The molecule has 0 atom stereocenters. The second kappa shape index (κ2) is 13.7. The van der Waals surface area contributed by atoms with E-state index < -0.39 is 0 Å². The molecule has 2 amide bonds. The van der Waals surface area contributed by atoms with E-state index in [1.807, 2.05) is 79.7 Å². The molecule has 47 heavy (non-hydrogen) atoms. The lowest BCUT2D eigenvalue weighted by Gasteiger charge is -2.34. The Hall–Kier alpha value is -5.19. The molecule has 0 saturated carbocycles. The fourth-order valence-corrected chi connectivity index (χ4v) is 6.93. The predicted molar refractivity (Wildman–Crippen MR) is 192 cm³/mol. The molecule has 6 rings (SSSR count). The SMILES string of the molecule is C=CC(=O)Nc1cc(Nc2cc(-c3cccc(NC(=O)c4cc5ccccc5s4)c3C)cn(C)c2=O)ccc1N1CCC(OC)CC1. The van der Waals surface area contributed by atoms with Gasteiger partial charge in [-0.05, 0) is 84.8 Å². The molecule has 3 heterocycles. The van der Waals surface area contributed by atoms with Crippen LogP contribution in [0.1, 0.15) is 28.1 Å². The Bertz CT molecular complexity index is 2010. The molecule has 3 N–H and O–H groups in total. The number of hydrogen-bond donors (Lipinski definition) is 3. The third-order valence-corrected chi connectivity index (χ3v) is 9.68. The van der Waals surface area contributed by atoms with Crippen molar-refractivity contribution in [2.75, 3.05) is 41.0 Å². The monoisotopic (exact) mass is 647 g/mol. The number of ether oxygens (including phenoxy) is 1. The molecule has 5 aromatic rings. The van der Waals surface area contributed by atoms with Gasteiger partial charge in [-0.25, -0.2) is 0 Å². The molecule has 1 aliphatic rings. The highest BCUT2D eigenvalue weighted by atomic mass is 32.1. The van der Waals surface area contributed by atoms with E-state index in [0.717, 1.165) is 58.4 Å². The summed E-state index contributed by atoms with van der Waals surface area (Å²) in [6.45, 7) is 7.15. The normalized spacial score (nSPS) is 13.4. The molecule has 0 unspecified atom stereocenters. The van der Waals surface area contributed by atoms with Crippen molar-refractivity contribution in [3.63, 3.8) is 0 Å². The predicted octanol–water partition coefficient (Wildman–Crippen LogP) is 7.31. The van der Waals surface area contributed by atoms with Gasteiger partial charge in [-0.2, -0.15) is 0 Å². The topological polar surface area (TPSA) is 105 Å². The standard InChI is InChI=1S/C37H37N5O4S/c1-5-35(43)39-30-21-26(13-14-32(30)42-17-15-27(46-4)16-18-42)38-31-19-25(22-41(3)37(31)45)28-10-8-11-29(23(28)2)40-36(44)34-20-24-9-6-7-12-33(24)47-34/h5-14,19-22,27,38H,1,15-18H2,2-4H3,(H,39,43)(H,40,44). The van der Waals surface area contributed by atoms with Gasteiger partial charge in [0.15, 0.2) is 0 Å². The summed E-state index contributed by atoms with van der Waals surface area (Å²) in [6.07, 6.45) is 5.04. The summed E-state index contributed by atoms with van der Waals surface area (Å²) in [7, 11) is 3.45. The molecular formula is C37H37N5O4S. The summed E-state index contributed by atoms with van der Waals surface area (Å²) in [5.41, 5.74) is 5.60. The lowest BCUT2D eigenvalue weighted by atomic mass is 10.00. The van der Waals surface area contributed by atoms with Crippen molar-refractivity contribution in [1.29, 1.82) is 0 Å². The zero-order valence-electron chi connectivity index (χ0n) is 26.6. The number of benzene rings is 3. The van der Waals surface area contributed by atoms with Gasteiger partial charge in [0.05, 0.1) is 22.4 Å². The number of methoxy groups -OCH3 is 1. The van der Waals surface area contributed by atoms with E-state index in [2.05, 4.69) is 27.4 Å². The van der Waals surface area contributed by atoms with E-state index in [1.165, 1.54) is 22.0 Å². The van der Waals surface area contributed by atoms with Gasteiger partial charge < -0.3 is 30.2 Å². The zero-order valence-corrected chi connectivity index (χ0v) is 27.4. The Morgan fingerprint density at radius 2 is 1.74 bits per heavy atom. The quantitative estimate of drug-likeness (QED) is 0.145. The van der Waals surface area contributed by atoms with E-state index in [-0.39, 0.29) is 23.5 Å². The summed E-state index contributed by atoms with van der Waals surface area (Å²) in [5, 5.41) is 10.3. The molecule has 1 saturated heterocycles. The molecule has 0 radical (unpaired) electrons. The van der Waals surface area contributed by atoms with Gasteiger partial charge in [-0.15, -0.1) is 11.3 Å². The van der Waals surface area contributed by atoms with Crippen LogP contribution in [-0.2, 0) is 16.6 Å². The van der Waals surface area contributed by atoms with E-state index >= 15 is 0 Å². The number of piperidine rings is 1. The first-order valence-corrected chi connectivity index (χ1v) is 16.3. The molecule has 9 nitrogen and oxygen atoms in total. The van der Waals surface area contributed by atoms with Crippen LogP contribution >= 0.6 is 11.3 Å². The van der Waals surface area contributed by atoms with Crippen molar-refractivity contribution in [2.24, 2.45) is 7.05 Å². The van der Waals surface area contributed by atoms with E-state index in [0.29, 0.717) is 27.6 Å². The Morgan fingerprint density at radius 3 is 2.49 bits per heavy atom. The first kappa shape index (κ1) is 31.8. The van der Waals surface area contributed by atoms with Crippen LogP contribution in [0.25, 0.3) is 21.2 Å². The maximum absolute atomic E-state index is 13.3. The highest BCUT2D eigenvalue weighted by Crippen LogP contribution is 2.34. The highest BCUT2D eigenvalue weighted by molar-refractivity contribution is 7.20. The van der Waals surface area contributed by atoms with E-state index in [9.17, 15) is 14.4 Å². The lowest BCUT2D eigenvalue weighted by Crippen LogP contribution is -2.37. The smallest absolute Gasteiger partial charge is 0.274 e. The second-order valence-corrected chi connectivity index (χ2v) is 12.7. The number of thiophene rings is 1. The minimum atomic E-state index is -0.317. The van der Waals surface area contributed by atoms with Gasteiger partial charge >= 0.3 is 0 Å². The van der Waals surface area contributed by atoms with Crippen LogP contribution in [0.2, 0.25) is 0 Å². The number of anilines is 5. The lowest BCUT2D eigenvalue weighted by molar-refractivity contribution is -0.111. The number of nitrogens with zero attached hydrogens (tertiary/aromatic N) is 2. The number of carbonyl (C=O) groups is 2. The first-order valence-electron chi connectivity index (χ1n) is 15.5. The van der Waals surface area contributed by atoms with Crippen molar-refractivity contribution >= 4 is 61.7 Å². The number of amides is 2. The van der Waals surface area contributed by atoms with Crippen LogP contribution < -0.4 is 26.4 Å². The molecule has 1 fully saturated rings. The maximum Gasteiger partial charge on any atom is 0.274 e. The Balaban J connectivity index is 1.28. The third kappa shape index (κ3) is 6.84. The average Bonchev–Trinajstić information content (AvgIpc) is 3.53. The Morgan fingerprint density at radius 1 is 0.957 bits per heavy atom. The zero-order chi connectivity index (χ0) is 33.1. The minimum absolute atomic E-state index is 0.167. The number of fused-ring (bicyclic) bond motifs is 1. The second-order valence-electron chi connectivity index (χ2n) is 11.6. The number of rotatable bonds is 9. The molecular weight excluding hydrogens is 611 g/mol. The number of hydrogen-bond acceptors (Lipinski definition) is 7. The number of aromatic nitrogens is 1. The van der Waals surface area contributed by atoms with E-state index in [4.69, 9.17) is 4.74 Å². The largest absolute Gasteiger partial charge is 0.381 e. The fraction of sp³-hybridized carbons (Fsp3) is 0.216. The molecule has 0 aliphatic carbocycles. The summed E-state index contributed by atoms with van der Waals surface area (Å²) < 4.78 is 8.12. The van der Waals surface area contributed by atoms with Crippen LogP contribution in [-0.4, -0.2) is 42.7 Å². The van der Waals surface area contributed by atoms with E-state index in [1.54, 1.807) is 20.4 Å². The molecule has 240 valence electrons. The molecule has 3 aromatic carbocycles. The highest BCUT2D eigenvalue weighted by Gasteiger charge is 2.22. The van der Waals surface area contributed by atoms with Crippen LogP contribution in [0.15, 0.2) is 96.4 Å². The van der Waals surface area contributed by atoms with Crippen molar-refractivity contribution < 1.29 is 14.3 Å². The van der Waals surface area contributed by atoms with Crippen molar-refractivity contribution in [1.82, 2.24) is 4.57 Å². The van der Waals surface area contributed by atoms with Crippen LogP contribution in [0.5, 0.6) is 0 Å². The van der Waals surface area contributed by atoms with Gasteiger partial charge in [0, 0.05) is 55.1 Å². The summed E-state index contributed by atoms with van der Waals surface area (Å²) in [4.78, 5) is 41.8. The molecule has 0 spiro atoms. The first-order chi connectivity index (χ1) is 22.7. The molecule has 0 bridgehead atoms. The summed E-state index contributed by atoms with van der Waals surface area (Å²) in [5.74, 6) is -0.483. The fourth-order valence-electron chi connectivity index (χ4n) is 5.97. The van der Waals surface area contributed by atoms with Crippen LogP contribution in [0.4, 0.5) is 28.4 Å². The number of pyridine rings is 1. The number of nitrogens with one attached hydrogen (secondary N) is 3. The van der Waals surface area contributed by atoms with Crippen molar-refractivity contribution in [2.45, 2.75) is 25.9 Å². The summed E-state index contributed by atoms with van der Waals surface area (Å²) >= 11 is 1.46. The molecule has 1 aliphatic heterocycles. The average molecular weight is 648 g/mol. The van der Waals surface area contributed by atoms with Crippen molar-refractivity contribution in [3.8, 4) is 11.1 Å².